The van der Waals surface area contributed by atoms with Gasteiger partial charge in [0.25, 0.3) is 0 Å². The summed E-state index contributed by atoms with van der Waals surface area (Å²) < 4.78 is 36.7. The van der Waals surface area contributed by atoms with Crippen LogP contribution in [0.4, 0.5) is 4.39 Å². The van der Waals surface area contributed by atoms with Crippen molar-refractivity contribution in [1.29, 1.82) is 0 Å². The third-order valence-electron chi connectivity index (χ3n) is 7.17. The minimum Gasteiger partial charge on any atom is -0.493 e. The summed E-state index contributed by atoms with van der Waals surface area (Å²) in [5.41, 5.74) is 3.90. The molecule has 0 atom stereocenters. The van der Waals surface area contributed by atoms with Crippen LogP contribution >= 0.6 is 11.6 Å². The number of hydrogen-bond acceptors (Lipinski definition) is 7. The molecule has 5 aromatic rings. The van der Waals surface area contributed by atoms with Gasteiger partial charge in [0.05, 0.1) is 43.2 Å². The summed E-state index contributed by atoms with van der Waals surface area (Å²) in [5, 5.41) is 2.16. The van der Waals surface area contributed by atoms with Crippen LogP contribution in [-0.2, 0) is 11.3 Å². The standard InChI is InChI=1S/C31H30ClFN4O4/c1-38-29-16-27-23(14-30(29)40-9-3-6-37-7-10-39-11-8-37)31(36-19-35-27)24-17-34-26-15-28(25(32)13-22(24)26)41-18-20-4-2-5-21(33)12-20/h2,4-5,12-17,19,34H,3,6-11,18H2,1H3. The summed E-state index contributed by atoms with van der Waals surface area (Å²) in [4.78, 5) is 14.8. The number of benzene rings is 3. The van der Waals surface area contributed by atoms with Crippen LogP contribution in [0.15, 0.2) is 61.1 Å². The number of fused-ring (bicyclic) bond motifs is 2. The molecular formula is C31H30ClFN4O4. The van der Waals surface area contributed by atoms with E-state index >= 15 is 0 Å². The Morgan fingerprint density at radius 3 is 2.71 bits per heavy atom. The maximum atomic E-state index is 13.6. The van der Waals surface area contributed by atoms with Crippen molar-refractivity contribution in [3.8, 4) is 28.5 Å². The highest BCUT2D eigenvalue weighted by Gasteiger charge is 2.18. The number of halogens is 2. The van der Waals surface area contributed by atoms with Crippen LogP contribution < -0.4 is 14.2 Å². The molecule has 2 aromatic heterocycles. The summed E-state index contributed by atoms with van der Waals surface area (Å²) in [5.74, 6) is 1.46. The first kappa shape index (κ1) is 27.3. The fourth-order valence-corrected chi connectivity index (χ4v) is 5.28. The number of H-pyrrole nitrogens is 1. The van der Waals surface area contributed by atoms with E-state index in [1.54, 1.807) is 19.2 Å². The number of nitrogens with one attached hydrogen (secondary N) is 1. The quantitative estimate of drug-likeness (QED) is 0.197. The first-order valence-corrected chi connectivity index (χ1v) is 13.9. The van der Waals surface area contributed by atoms with E-state index in [2.05, 4.69) is 19.9 Å². The second kappa shape index (κ2) is 12.3. The molecule has 1 aliphatic heterocycles. The van der Waals surface area contributed by atoms with Crippen LogP contribution in [0.5, 0.6) is 17.2 Å². The second-order valence-electron chi connectivity index (χ2n) is 9.85. The first-order valence-electron chi connectivity index (χ1n) is 13.5. The van der Waals surface area contributed by atoms with E-state index in [4.69, 9.17) is 30.5 Å². The molecule has 10 heteroatoms. The number of nitrogens with zero attached hydrogens (tertiary/aromatic N) is 3. The lowest BCUT2D eigenvalue weighted by Gasteiger charge is -2.26. The van der Waals surface area contributed by atoms with Gasteiger partial charge >= 0.3 is 0 Å². The highest BCUT2D eigenvalue weighted by molar-refractivity contribution is 6.33. The molecule has 3 aromatic carbocycles. The molecule has 1 fully saturated rings. The highest BCUT2D eigenvalue weighted by Crippen LogP contribution is 2.40. The molecule has 212 valence electrons. The van der Waals surface area contributed by atoms with Crippen molar-refractivity contribution in [1.82, 2.24) is 19.9 Å². The molecule has 0 aliphatic carbocycles. The summed E-state index contributed by atoms with van der Waals surface area (Å²) in [6.07, 6.45) is 4.33. The molecule has 0 unspecified atom stereocenters. The Kier molecular flexibility index (Phi) is 8.18. The average Bonchev–Trinajstić information content (AvgIpc) is 3.40. The minimum atomic E-state index is -0.307. The number of morpholine rings is 1. The minimum absolute atomic E-state index is 0.199. The van der Waals surface area contributed by atoms with Crippen LogP contribution in [0.1, 0.15) is 12.0 Å². The van der Waals surface area contributed by atoms with E-state index in [9.17, 15) is 4.39 Å². The molecule has 0 saturated carbocycles. The Balaban J connectivity index is 1.25. The summed E-state index contributed by atoms with van der Waals surface area (Å²) in [7, 11) is 1.62. The van der Waals surface area contributed by atoms with Crippen LogP contribution in [0, 0.1) is 5.82 Å². The molecule has 6 rings (SSSR count). The van der Waals surface area contributed by atoms with E-state index in [0.29, 0.717) is 28.9 Å². The molecule has 3 heterocycles. The lowest BCUT2D eigenvalue weighted by atomic mass is 10.0. The van der Waals surface area contributed by atoms with E-state index in [-0.39, 0.29) is 12.4 Å². The third kappa shape index (κ3) is 6.07. The number of rotatable bonds is 10. The largest absolute Gasteiger partial charge is 0.493 e. The lowest BCUT2D eigenvalue weighted by molar-refractivity contribution is 0.0357. The van der Waals surface area contributed by atoms with Crippen molar-refractivity contribution in [2.75, 3.05) is 46.6 Å². The summed E-state index contributed by atoms with van der Waals surface area (Å²) >= 11 is 6.63. The Morgan fingerprint density at radius 1 is 1.00 bits per heavy atom. The van der Waals surface area contributed by atoms with E-state index in [1.165, 1.54) is 18.5 Å². The Labute approximate surface area is 242 Å². The van der Waals surface area contributed by atoms with Gasteiger partial charge in [0.2, 0.25) is 0 Å². The predicted molar refractivity (Wildman–Crippen MR) is 156 cm³/mol. The molecule has 0 spiro atoms. The van der Waals surface area contributed by atoms with Crippen molar-refractivity contribution >= 4 is 33.4 Å². The number of aromatic amines is 1. The van der Waals surface area contributed by atoms with Gasteiger partial charge in [0.15, 0.2) is 11.5 Å². The molecule has 0 amide bonds. The first-order chi connectivity index (χ1) is 20.1. The van der Waals surface area contributed by atoms with Crippen LogP contribution in [0.25, 0.3) is 33.1 Å². The van der Waals surface area contributed by atoms with Gasteiger partial charge in [-0.15, -0.1) is 0 Å². The van der Waals surface area contributed by atoms with Crippen molar-refractivity contribution < 1.29 is 23.3 Å². The maximum Gasteiger partial charge on any atom is 0.162 e. The molecule has 8 nitrogen and oxygen atoms in total. The molecule has 1 N–H and O–H groups in total. The summed E-state index contributed by atoms with van der Waals surface area (Å²) in [6.45, 7) is 5.19. The molecule has 41 heavy (non-hydrogen) atoms. The van der Waals surface area contributed by atoms with Crippen LogP contribution in [0.3, 0.4) is 0 Å². The van der Waals surface area contributed by atoms with Gasteiger partial charge in [0.1, 0.15) is 24.5 Å². The molecule has 0 bridgehead atoms. The van der Waals surface area contributed by atoms with Crippen molar-refractivity contribution in [2.24, 2.45) is 0 Å². The van der Waals surface area contributed by atoms with Crippen LogP contribution in [-0.4, -0.2) is 66.4 Å². The monoisotopic (exact) mass is 576 g/mol. The zero-order valence-corrected chi connectivity index (χ0v) is 23.4. The Morgan fingerprint density at radius 2 is 1.88 bits per heavy atom. The predicted octanol–water partition coefficient (Wildman–Crippen LogP) is 6.26. The SMILES string of the molecule is COc1cc2ncnc(-c3c[nH]c4cc(OCc5cccc(F)c5)c(Cl)cc34)c2cc1OCCCN1CCOCC1. The fourth-order valence-electron chi connectivity index (χ4n) is 5.06. The zero-order valence-electron chi connectivity index (χ0n) is 22.7. The highest BCUT2D eigenvalue weighted by atomic mass is 35.5. The van der Waals surface area contributed by atoms with Gasteiger partial charge in [-0.3, -0.25) is 4.90 Å². The van der Waals surface area contributed by atoms with Crippen molar-refractivity contribution in [3.63, 3.8) is 0 Å². The van der Waals surface area contributed by atoms with Crippen LogP contribution in [0.2, 0.25) is 5.02 Å². The van der Waals surface area contributed by atoms with Gasteiger partial charge in [-0.05, 0) is 36.2 Å². The van der Waals surface area contributed by atoms with E-state index in [1.807, 2.05) is 30.5 Å². The summed E-state index contributed by atoms with van der Waals surface area (Å²) in [6, 6.07) is 13.8. The van der Waals surface area contributed by atoms with Gasteiger partial charge in [-0.25, -0.2) is 14.4 Å². The molecular weight excluding hydrogens is 547 g/mol. The lowest BCUT2D eigenvalue weighted by Crippen LogP contribution is -2.37. The fraction of sp³-hybridized carbons (Fsp3) is 0.290. The number of hydrogen-bond donors (Lipinski definition) is 1. The van der Waals surface area contributed by atoms with Gasteiger partial charge < -0.3 is 23.9 Å². The second-order valence-corrected chi connectivity index (χ2v) is 10.3. The topological polar surface area (TPSA) is 81.7 Å². The van der Waals surface area contributed by atoms with E-state index in [0.717, 1.165) is 77.9 Å². The normalized spacial score (nSPS) is 14.0. The number of ether oxygens (including phenoxy) is 4. The number of methoxy groups -OCH3 is 1. The van der Waals surface area contributed by atoms with Crippen molar-refractivity contribution in [2.45, 2.75) is 13.0 Å². The Bertz CT molecular complexity index is 1670. The zero-order chi connectivity index (χ0) is 28.2. The molecule has 1 saturated heterocycles. The average molecular weight is 577 g/mol. The number of aromatic nitrogens is 3. The maximum absolute atomic E-state index is 13.6. The molecule has 0 radical (unpaired) electrons. The smallest absolute Gasteiger partial charge is 0.162 e. The van der Waals surface area contributed by atoms with E-state index < -0.39 is 0 Å². The van der Waals surface area contributed by atoms with Gasteiger partial charge in [-0.1, -0.05) is 23.7 Å². The van der Waals surface area contributed by atoms with Gasteiger partial charge in [0, 0.05) is 59.8 Å². The third-order valence-corrected chi connectivity index (χ3v) is 7.47. The Hall–Kier alpha value is -3.92. The van der Waals surface area contributed by atoms with Gasteiger partial charge in [-0.2, -0.15) is 0 Å². The molecule has 1 aliphatic rings. The van der Waals surface area contributed by atoms with Crippen molar-refractivity contribution in [3.05, 3.63) is 77.5 Å².